The van der Waals surface area contributed by atoms with E-state index in [1.54, 1.807) is 30.4 Å². The number of aromatic nitrogens is 3. The Balaban J connectivity index is 1.87. The quantitative estimate of drug-likeness (QED) is 0.515. The zero-order chi connectivity index (χ0) is 21.8. The first-order valence-electron chi connectivity index (χ1n) is 9.74. The molecule has 1 aromatic carbocycles. The van der Waals surface area contributed by atoms with E-state index < -0.39 is 5.56 Å². The minimum atomic E-state index is -0.420. The number of rotatable bonds is 7. The minimum Gasteiger partial charge on any atom is -0.352 e. The summed E-state index contributed by atoms with van der Waals surface area (Å²) in [4.78, 5) is 38.0. The van der Waals surface area contributed by atoms with Crippen molar-refractivity contribution in [3.63, 3.8) is 0 Å². The summed E-state index contributed by atoms with van der Waals surface area (Å²) in [5.74, 6) is -0.573. The Labute approximate surface area is 182 Å². The number of hydrogen-bond donors (Lipinski definition) is 2. The van der Waals surface area contributed by atoms with Crippen LogP contribution in [-0.2, 0) is 11.3 Å². The fourth-order valence-corrected chi connectivity index (χ4v) is 3.60. The van der Waals surface area contributed by atoms with Gasteiger partial charge in [0.05, 0.1) is 5.56 Å². The molecule has 0 fully saturated rings. The highest BCUT2D eigenvalue weighted by Gasteiger charge is 2.22. The molecule has 8 nitrogen and oxygen atoms in total. The first kappa shape index (κ1) is 21.8. The van der Waals surface area contributed by atoms with Crippen LogP contribution in [0.4, 0.5) is 5.69 Å². The Morgan fingerprint density at radius 3 is 2.53 bits per heavy atom. The van der Waals surface area contributed by atoms with Crippen LogP contribution in [-0.4, -0.2) is 32.5 Å². The zero-order valence-electron chi connectivity index (χ0n) is 17.2. The van der Waals surface area contributed by atoms with Crippen molar-refractivity contribution in [3.8, 4) is 0 Å². The van der Waals surface area contributed by atoms with Gasteiger partial charge >= 0.3 is 0 Å². The lowest BCUT2D eigenvalue weighted by Gasteiger charge is -2.07. The van der Waals surface area contributed by atoms with Gasteiger partial charge in [0.1, 0.15) is 18.4 Å². The van der Waals surface area contributed by atoms with Crippen LogP contribution < -0.4 is 16.2 Å². The topological polar surface area (TPSA) is 97.5 Å². The molecule has 0 spiro atoms. The highest BCUT2D eigenvalue weighted by molar-refractivity contribution is 9.10. The molecule has 0 saturated heterocycles. The van der Waals surface area contributed by atoms with E-state index in [0.29, 0.717) is 34.6 Å². The number of halogens is 1. The summed E-state index contributed by atoms with van der Waals surface area (Å²) in [7, 11) is 0. The molecule has 0 saturated carbocycles. The van der Waals surface area contributed by atoms with Crippen LogP contribution in [0, 0.1) is 13.8 Å². The predicted octanol–water partition coefficient (Wildman–Crippen LogP) is 3.04. The van der Waals surface area contributed by atoms with E-state index in [-0.39, 0.29) is 18.4 Å². The second-order valence-electron chi connectivity index (χ2n) is 7.06. The molecule has 9 heteroatoms. The summed E-state index contributed by atoms with van der Waals surface area (Å²) in [5, 5.41) is 9.75. The maximum absolute atomic E-state index is 13.0. The maximum atomic E-state index is 13.0. The molecule has 0 unspecified atom stereocenters. The lowest BCUT2D eigenvalue weighted by atomic mass is 10.1. The molecular formula is C21H24BrN5O3. The zero-order valence-corrected chi connectivity index (χ0v) is 18.7. The van der Waals surface area contributed by atoms with Crippen molar-refractivity contribution in [1.82, 2.24) is 19.5 Å². The van der Waals surface area contributed by atoms with E-state index in [1.165, 1.54) is 6.33 Å². The molecule has 2 heterocycles. The van der Waals surface area contributed by atoms with E-state index in [1.807, 2.05) is 12.1 Å². The van der Waals surface area contributed by atoms with Crippen LogP contribution in [0.25, 0.3) is 5.52 Å². The van der Waals surface area contributed by atoms with Gasteiger partial charge in [-0.05, 0) is 50.1 Å². The molecule has 3 rings (SSSR count). The van der Waals surface area contributed by atoms with E-state index in [4.69, 9.17) is 0 Å². The number of benzene rings is 1. The van der Waals surface area contributed by atoms with Gasteiger partial charge < -0.3 is 10.6 Å². The van der Waals surface area contributed by atoms with Gasteiger partial charge in [-0.15, -0.1) is 0 Å². The molecule has 0 radical (unpaired) electrons. The highest BCUT2D eigenvalue weighted by Crippen LogP contribution is 2.20. The third-order valence-electron chi connectivity index (χ3n) is 4.90. The minimum absolute atomic E-state index is 0.207. The first-order valence-corrected chi connectivity index (χ1v) is 10.5. The molecule has 3 aromatic rings. The number of unbranched alkanes of at least 4 members (excludes halogenated alkanes) is 1. The van der Waals surface area contributed by atoms with Gasteiger partial charge in [0.2, 0.25) is 5.91 Å². The van der Waals surface area contributed by atoms with Crippen LogP contribution >= 0.6 is 15.9 Å². The summed E-state index contributed by atoms with van der Waals surface area (Å²) in [6.07, 6.45) is 3.33. The lowest BCUT2D eigenvalue weighted by molar-refractivity contribution is -0.117. The fourth-order valence-electron chi connectivity index (χ4n) is 3.34. The summed E-state index contributed by atoms with van der Waals surface area (Å²) in [6.45, 7) is 5.92. The van der Waals surface area contributed by atoms with E-state index in [9.17, 15) is 14.4 Å². The monoisotopic (exact) mass is 473 g/mol. The Morgan fingerprint density at radius 2 is 1.87 bits per heavy atom. The molecule has 2 N–H and O–H groups in total. The largest absolute Gasteiger partial charge is 0.352 e. The maximum Gasteiger partial charge on any atom is 0.291 e. The average molecular weight is 474 g/mol. The molecule has 30 heavy (non-hydrogen) atoms. The van der Waals surface area contributed by atoms with Crippen molar-refractivity contribution in [2.75, 3.05) is 11.9 Å². The van der Waals surface area contributed by atoms with Crippen molar-refractivity contribution < 1.29 is 9.59 Å². The van der Waals surface area contributed by atoms with Crippen LogP contribution in [0.15, 0.2) is 39.9 Å². The van der Waals surface area contributed by atoms with Crippen molar-refractivity contribution >= 4 is 38.9 Å². The van der Waals surface area contributed by atoms with Crippen molar-refractivity contribution in [2.24, 2.45) is 0 Å². The Bertz CT molecular complexity index is 1150. The number of nitrogens with zero attached hydrogens (tertiary/aromatic N) is 3. The summed E-state index contributed by atoms with van der Waals surface area (Å²) in [6, 6.07) is 7.13. The van der Waals surface area contributed by atoms with Gasteiger partial charge in [0.15, 0.2) is 0 Å². The third-order valence-corrected chi connectivity index (χ3v) is 5.43. The average Bonchev–Trinajstić information content (AvgIpc) is 2.96. The van der Waals surface area contributed by atoms with Crippen LogP contribution in [0.5, 0.6) is 0 Å². The van der Waals surface area contributed by atoms with Gasteiger partial charge in [0.25, 0.3) is 11.5 Å². The van der Waals surface area contributed by atoms with Crippen LogP contribution in [0.1, 0.15) is 41.4 Å². The summed E-state index contributed by atoms with van der Waals surface area (Å²) in [5.41, 5.74) is 2.25. The molecule has 0 aliphatic heterocycles. The van der Waals surface area contributed by atoms with Gasteiger partial charge in [-0.1, -0.05) is 29.3 Å². The molecule has 0 atom stereocenters. The Morgan fingerprint density at radius 1 is 1.17 bits per heavy atom. The van der Waals surface area contributed by atoms with Gasteiger partial charge in [-0.25, -0.2) is 4.68 Å². The number of carbonyl (C=O) groups is 2. The molecule has 0 bridgehead atoms. The highest BCUT2D eigenvalue weighted by atomic mass is 79.9. The molecule has 2 aromatic heterocycles. The van der Waals surface area contributed by atoms with Crippen LogP contribution in [0.3, 0.4) is 0 Å². The predicted molar refractivity (Wildman–Crippen MR) is 119 cm³/mol. The molecule has 0 aliphatic carbocycles. The molecule has 0 aliphatic rings. The number of amides is 2. The second-order valence-corrected chi connectivity index (χ2v) is 7.98. The SMILES string of the molecule is CCCCNC(=O)c1c(C)c2c(=O)n(CC(=O)Nc3ccc(Br)cc3)ncn2c1C. The van der Waals surface area contributed by atoms with Gasteiger partial charge in [-0.2, -0.15) is 5.10 Å². The second kappa shape index (κ2) is 9.25. The first-order chi connectivity index (χ1) is 14.3. The smallest absolute Gasteiger partial charge is 0.291 e. The number of hydrogen-bond acceptors (Lipinski definition) is 4. The van der Waals surface area contributed by atoms with E-state index in [2.05, 4.69) is 38.6 Å². The fraction of sp³-hybridized carbons (Fsp3) is 0.333. The van der Waals surface area contributed by atoms with E-state index in [0.717, 1.165) is 22.0 Å². The van der Waals surface area contributed by atoms with Gasteiger partial charge in [0, 0.05) is 22.4 Å². The summed E-state index contributed by atoms with van der Waals surface area (Å²) < 4.78 is 3.61. The summed E-state index contributed by atoms with van der Waals surface area (Å²) >= 11 is 3.34. The number of carbonyl (C=O) groups excluding carboxylic acids is 2. The number of fused-ring (bicyclic) bond motifs is 1. The normalized spacial score (nSPS) is 10.9. The molecular weight excluding hydrogens is 450 g/mol. The lowest BCUT2D eigenvalue weighted by Crippen LogP contribution is -2.30. The van der Waals surface area contributed by atoms with Crippen molar-refractivity contribution in [3.05, 3.63) is 62.2 Å². The Kier molecular flexibility index (Phi) is 6.71. The molecule has 2 amide bonds. The number of nitrogens with one attached hydrogen (secondary N) is 2. The third kappa shape index (κ3) is 4.46. The van der Waals surface area contributed by atoms with Crippen LogP contribution in [0.2, 0.25) is 0 Å². The molecule has 158 valence electrons. The van der Waals surface area contributed by atoms with Gasteiger partial charge in [-0.3, -0.25) is 18.8 Å². The number of anilines is 1. The van der Waals surface area contributed by atoms with E-state index >= 15 is 0 Å². The standard InChI is InChI=1S/C21H24BrN5O3/c1-4-5-10-23-20(29)18-13(2)19-21(30)27(24-12-26(19)14(18)3)11-17(28)25-16-8-6-15(22)7-9-16/h6-9,12H,4-5,10-11H2,1-3H3,(H,23,29)(H,25,28). The van der Waals surface area contributed by atoms with Crippen molar-refractivity contribution in [2.45, 2.75) is 40.2 Å². The Hall–Kier alpha value is -2.94. The van der Waals surface area contributed by atoms with Crippen molar-refractivity contribution in [1.29, 1.82) is 0 Å². The number of aryl methyl sites for hydroxylation is 2.